The highest BCUT2D eigenvalue weighted by atomic mass is 16.5. The second-order valence-corrected chi connectivity index (χ2v) is 7.60. The average molecular weight is 493 g/mol. The van der Waals surface area contributed by atoms with E-state index < -0.39 is 0 Å². The molecule has 9 nitrogen and oxygen atoms in total. The molecular weight excluding hydrogens is 464 g/mol. The number of aromatic hydroxyl groups is 1. The molecule has 1 heterocycles. The first-order chi connectivity index (χ1) is 17.5. The Labute approximate surface area is 209 Å². The maximum Gasteiger partial charge on any atom is 0.207 e. The van der Waals surface area contributed by atoms with Gasteiger partial charge < -0.3 is 33.5 Å². The van der Waals surface area contributed by atoms with Crippen molar-refractivity contribution >= 4 is 0 Å². The van der Waals surface area contributed by atoms with Crippen molar-refractivity contribution in [2.75, 3.05) is 42.7 Å². The molecule has 0 bridgehead atoms. The van der Waals surface area contributed by atoms with Crippen LogP contribution in [0.2, 0.25) is 0 Å². The summed E-state index contributed by atoms with van der Waals surface area (Å²) in [6, 6.07) is 14.9. The van der Waals surface area contributed by atoms with Crippen molar-refractivity contribution in [3.05, 3.63) is 54.9 Å². The molecule has 0 aliphatic rings. The highest BCUT2D eigenvalue weighted by molar-refractivity contribution is 5.88. The third-order valence-corrected chi connectivity index (χ3v) is 5.78. The number of hydrogen-bond acceptors (Lipinski definition) is 8. The minimum Gasteiger partial charge on any atom is -0.504 e. The van der Waals surface area contributed by atoms with Gasteiger partial charge in [0.05, 0.1) is 59.6 Å². The molecule has 0 saturated carbocycles. The molecule has 9 heteroatoms. The summed E-state index contributed by atoms with van der Waals surface area (Å²) in [5, 5.41) is 10.8. The van der Waals surface area contributed by atoms with Crippen LogP contribution in [0.4, 0.5) is 0 Å². The number of ether oxygens (including phenoxy) is 6. The first kappa shape index (κ1) is 24.6. The highest BCUT2D eigenvalue weighted by Crippen LogP contribution is 2.52. The van der Waals surface area contributed by atoms with Crippen LogP contribution < -0.4 is 28.4 Å². The number of para-hydroxylation sites is 1. The van der Waals surface area contributed by atoms with Gasteiger partial charge in [0, 0.05) is 11.3 Å². The summed E-state index contributed by atoms with van der Waals surface area (Å²) < 4.78 is 35.2. The van der Waals surface area contributed by atoms with Gasteiger partial charge in [0.15, 0.2) is 23.0 Å². The van der Waals surface area contributed by atoms with E-state index in [0.717, 1.165) is 5.69 Å². The van der Waals surface area contributed by atoms with Crippen LogP contribution in [0.3, 0.4) is 0 Å². The summed E-state index contributed by atoms with van der Waals surface area (Å²) in [5.41, 5.74) is 3.32. The number of methoxy groups -OCH3 is 6. The topological polar surface area (TPSA) is 93.4 Å². The van der Waals surface area contributed by atoms with Crippen molar-refractivity contribution in [3.63, 3.8) is 0 Å². The van der Waals surface area contributed by atoms with E-state index in [1.54, 1.807) is 33.7 Å². The van der Waals surface area contributed by atoms with Gasteiger partial charge >= 0.3 is 0 Å². The van der Waals surface area contributed by atoms with E-state index in [9.17, 15) is 5.11 Å². The number of nitrogens with zero attached hydrogens (tertiary/aromatic N) is 2. The first-order valence-corrected chi connectivity index (χ1v) is 11.0. The van der Waals surface area contributed by atoms with Crippen LogP contribution in [0.15, 0.2) is 54.9 Å². The van der Waals surface area contributed by atoms with E-state index in [4.69, 9.17) is 33.4 Å². The molecule has 188 valence electrons. The van der Waals surface area contributed by atoms with Crippen molar-refractivity contribution in [1.82, 2.24) is 9.55 Å². The zero-order valence-corrected chi connectivity index (χ0v) is 21.0. The SMILES string of the molecule is COc1cc(-c2ncn(-c3ccccc3)c2-c2cc(O)c(OC)c(OC)c2OC)cc(OC)c1OC. The Morgan fingerprint density at radius 1 is 0.667 bits per heavy atom. The van der Waals surface area contributed by atoms with Gasteiger partial charge in [-0.2, -0.15) is 0 Å². The third-order valence-electron chi connectivity index (χ3n) is 5.78. The van der Waals surface area contributed by atoms with E-state index in [1.165, 1.54) is 21.3 Å². The van der Waals surface area contributed by atoms with E-state index in [2.05, 4.69) is 0 Å². The Morgan fingerprint density at radius 2 is 1.25 bits per heavy atom. The van der Waals surface area contributed by atoms with Gasteiger partial charge in [0.25, 0.3) is 0 Å². The number of benzene rings is 3. The predicted molar refractivity (Wildman–Crippen MR) is 135 cm³/mol. The molecule has 0 saturated heterocycles. The molecule has 0 atom stereocenters. The molecule has 36 heavy (non-hydrogen) atoms. The number of rotatable bonds is 9. The molecule has 0 fully saturated rings. The number of hydrogen-bond donors (Lipinski definition) is 1. The summed E-state index contributed by atoms with van der Waals surface area (Å²) in [6.45, 7) is 0. The molecule has 0 unspecified atom stereocenters. The lowest BCUT2D eigenvalue weighted by Gasteiger charge is -2.19. The molecule has 0 aliphatic carbocycles. The zero-order valence-electron chi connectivity index (χ0n) is 21.0. The largest absolute Gasteiger partial charge is 0.504 e. The van der Waals surface area contributed by atoms with Gasteiger partial charge in [-0.3, -0.25) is 4.57 Å². The lowest BCUT2D eigenvalue weighted by molar-refractivity contribution is 0.311. The molecule has 4 rings (SSSR count). The van der Waals surface area contributed by atoms with Crippen molar-refractivity contribution in [1.29, 1.82) is 0 Å². The summed E-state index contributed by atoms with van der Waals surface area (Å²) in [6.07, 6.45) is 1.70. The quantitative estimate of drug-likeness (QED) is 0.350. The Bertz CT molecular complexity index is 1340. The Hall–Kier alpha value is -4.53. The van der Waals surface area contributed by atoms with Crippen molar-refractivity contribution in [2.24, 2.45) is 0 Å². The second kappa shape index (κ2) is 10.4. The molecular formula is C27H28N2O7. The van der Waals surface area contributed by atoms with Crippen LogP contribution in [0.5, 0.6) is 40.2 Å². The predicted octanol–water partition coefficient (Wildman–Crippen LogP) is 4.96. The Balaban J connectivity index is 2.10. The number of phenols is 1. The normalized spacial score (nSPS) is 10.6. The fraction of sp³-hybridized carbons (Fsp3) is 0.222. The average Bonchev–Trinajstić information content (AvgIpc) is 3.36. The number of imidazole rings is 1. The zero-order chi connectivity index (χ0) is 25.8. The van der Waals surface area contributed by atoms with Crippen molar-refractivity contribution < 1.29 is 33.5 Å². The summed E-state index contributed by atoms with van der Waals surface area (Å²) >= 11 is 0. The Morgan fingerprint density at radius 3 is 1.78 bits per heavy atom. The monoisotopic (exact) mass is 492 g/mol. The summed E-state index contributed by atoms with van der Waals surface area (Å²) in [7, 11) is 9.12. The van der Waals surface area contributed by atoms with Crippen molar-refractivity contribution in [2.45, 2.75) is 0 Å². The van der Waals surface area contributed by atoms with Gasteiger partial charge in [-0.05, 0) is 30.3 Å². The van der Waals surface area contributed by atoms with Gasteiger partial charge in [-0.15, -0.1) is 0 Å². The minimum atomic E-state index is -0.109. The lowest BCUT2D eigenvalue weighted by Crippen LogP contribution is -2.02. The highest BCUT2D eigenvalue weighted by Gasteiger charge is 2.27. The van der Waals surface area contributed by atoms with E-state index in [-0.39, 0.29) is 17.2 Å². The molecule has 1 N–H and O–H groups in total. The van der Waals surface area contributed by atoms with Crippen LogP contribution in [-0.2, 0) is 0 Å². The molecule has 0 radical (unpaired) electrons. The Kier molecular flexibility index (Phi) is 7.10. The first-order valence-electron chi connectivity index (χ1n) is 11.0. The fourth-order valence-corrected chi connectivity index (χ4v) is 4.19. The maximum absolute atomic E-state index is 10.8. The minimum absolute atomic E-state index is 0.109. The van der Waals surface area contributed by atoms with E-state index in [1.807, 2.05) is 47.0 Å². The second-order valence-electron chi connectivity index (χ2n) is 7.60. The van der Waals surface area contributed by atoms with Crippen LogP contribution in [0, 0.1) is 0 Å². The van der Waals surface area contributed by atoms with Crippen molar-refractivity contribution in [3.8, 4) is 68.4 Å². The summed E-state index contributed by atoms with van der Waals surface area (Å²) in [4.78, 5) is 4.75. The molecule has 0 amide bonds. The number of aromatic nitrogens is 2. The standard InChI is InChI=1S/C27H28N2O7/c1-31-20-12-16(13-21(32-2)26(20)35-5)22-23(29(15-28-22)17-10-8-7-9-11-17)18-14-19(30)25(34-4)27(36-6)24(18)33-3/h7-15,30H,1-6H3. The van der Waals surface area contributed by atoms with Crippen LogP contribution >= 0.6 is 0 Å². The fourth-order valence-electron chi connectivity index (χ4n) is 4.19. The maximum atomic E-state index is 10.8. The van der Waals surface area contributed by atoms with E-state index >= 15 is 0 Å². The third kappa shape index (κ3) is 4.08. The summed E-state index contributed by atoms with van der Waals surface area (Å²) in [5.74, 6) is 2.11. The smallest absolute Gasteiger partial charge is 0.207 e. The molecule has 0 aliphatic heterocycles. The molecule has 4 aromatic rings. The van der Waals surface area contributed by atoms with Crippen LogP contribution in [-0.4, -0.2) is 57.3 Å². The van der Waals surface area contributed by atoms with Gasteiger partial charge in [-0.1, -0.05) is 18.2 Å². The van der Waals surface area contributed by atoms with Crippen LogP contribution in [0.25, 0.3) is 28.2 Å². The molecule has 3 aromatic carbocycles. The van der Waals surface area contributed by atoms with Gasteiger partial charge in [-0.25, -0.2) is 4.98 Å². The molecule has 0 spiro atoms. The van der Waals surface area contributed by atoms with Crippen LogP contribution in [0.1, 0.15) is 0 Å². The van der Waals surface area contributed by atoms with Gasteiger partial charge in [0.1, 0.15) is 6.33 Å². The van der Waals surface area contributed by atoms with E-state index in [0.29, 0.717) is 45.5 Å². The molecule has 1 aromatic heterocycles. The van der Waals surface area contributed by atoms with Gasteiger partial charge in [0.2, 0.25) is 17.2 Å². The number of phenolic OH excluding ortho intramolecular Hbond substituents is 1. The lowest BCUT2D eigenvalue weighted by atomic mass is 10.0.